The fourth-order valence-corrected chi connectivity index (χ4v) is 2.57. The number of aromatic amines is 1. The van der Waals surface area contributed by atoms with Crippen LogP contribution in [0.2, 0.25) is 5.02 Å². The maximum absolute atomic E-state index is 12.6. The Labute approximate surface area is 116 Å². The third-order valence-corrected chi connectivity index (χ3v) is 3.60. The summed E-state index contributed by atoms with van der Waals surface area (Å²) in [5.41, 5.74) is 3.18. The molecule has 0 spiro atoms. The lowest BCUT2D eigenvalue weighted by atomic mass is 9.99. The molecule has 0 unspecified atom stereocenters. The standard InChI is InChI=1S/C16H12ClNO/c1-10-5-2-3-6-11(10)16(19)12-9-18-14-8-4-7-13(17)15(12)14/h2-9,18H,1H3. The number of H-pyrrole nitrogens is 1. The van der Waals surface area contributed by atoms with E-state index in [1.54, 1.807) is 12.3 Å². The van der Waals surface area contributed by atoms with Crippen LogP contribution >= 0.6 is 11.6 Å². The van der Waals surface area contributed by atoms with E-state index in [0.717, 1.165) is 16.5 Å². The van der Waals surface area contributed by atoms with Crippen LogP contribution in [-0.2, 0) is 0 Å². The van der Waals surface area contributed by atoms with Crippen LogP contribution in [0.4, 0.5) is 0 Å². The van der Waals surface area contributed by atoms with Gasteiger partial charge >= 0.3 is 0 Å². The maximum atomic E-state index is 12.6. The van der Waals surface area contributed by atoms with Gasteiger partial charge in [0.25, 0.3) is 0 Å². The van der Waals surface area contributed by atoms with Crippen molar-refractivity contribution in [3.8, 4) is 0 Å². The van der Waals surface area contributed by atoms with Crippen molar-refractivity contribution in [3.05, 3.63) is 70.4 Å². The Bertz CT molecular complexity index is 773. The van der Waals surface area contributed by atoms with Crippen molar-refractivity contribution in [1.82, 2.24) is 4.98 Å². The second kappa shape index (κ2) is 4.56. The molecule has 0 fully saturated rings. The Hall–Kier alpha value is -2.06. The number of halogens is 1. The lowest BCUT2D eigenvalue weighted by molar-refractivity contribution is 0.104. The lowest BCUT2D eigenvalue weighted by Crippen LogP contribution is -2.02. The summed E-state index contributed by atoms with van der Waals surface area (Å²) in [5.74, 6) is -0.00236. The zero-order valence-corrected chi connectivity index (χ0v) is 11.2. The number of carbonyl (C=O) groups excluding carboxylic acids is 1. The number of aromatic nitrogens is 1. The van der Waals surface area contributed by atoms with E-state index in [-0.39, 0.29) is 5.78 Å². The van der Waals surface area contributed by atoms with E-state index < -0.39 is 0 Å². The highest BCUT2D eigenvalue weighted by Crippen LogP contribution is 2.28. The largest absolute Gasteiger partial charge is 0.360 e. The summed E-state index contributed by atoms with van der Waals surface area (Å²) in [6.45, 7) is 1.93. The van der Waals surface area contributed by atoms with Crippen LogP contribution in [0.1, 0.15) is 21.5 Å². The third-order valence-electron chi connectivity index (χ3n) is 3.29. The Morgan fingerprint density at radius 1 is 1.05 bits per heavy atom. The van der Waals surface area contributed by atoms with E-state index in [2.05, 4.69) is 4.98 Å². The van der Waals surface area contributed by atoms with E-state index in [1.807, 2.05) is 43.3 Å². The fraction of sp³-hybridized carbons (Fsp3) is 0.0625. The molecule has 0 amide bonds. The Balaban J connectivity index is 2.21. The van der Waals surface area contributed by atoms with Crippen molar-refractivity contribution >= 4 is 28.3 Å². The van der Waals surface area contributed by atoms with Gasteiger partial charge in [-0.2, -0.15) is 0 Å². The summed E-state index contributed by atoms with van der Waals surface area (Å²) in [6.07, 6.45) is 1.73. The predicted molar refractivity (Wildman–Crippen MR) is 77.9 cm³/mol. The summed E-state index contributed by atoms with van der Waals surface area (Å²) in [5, 5.41) is 1.38. The van der Waals surface area contributed by atoms with E-state index in [9.17, 15) is 4.79 Å². The number of ketones is 1. The minimum Gasteiger partial charge on any atom is -0.360 e. The van der Waals surface area contributed by atoms with Crippen LogP contribution in [0.3, 0.4) is 0 Å². The van der Waals surface area contributed by atoms with Gasteiger partial charge in [-0.3, -0.25) is 4.79 Å². The van der Waals surface area contributed by atoms with Gasteiger partial charge in [-0.1, -0.05) is 41.9 Å². The molecule has 0 aliphatic rings. The Morgan fingerprint density at radius 2 is 1.84 bits per heavy atom. The molecule has 3 aromatic rings. The van der Waals surface area contributed by atoms with Crippen LogP contribution in [-0.4, -0.2) is 10.8 Å². The highest BCUT2D eigenvalue weighted by Gasteiger charge is 2.17. The van der Waals surface area contributed by atoms with Crippen molar-refractivity contribution in [3.63, 3.8) is 0 Å². The van der Waals surface area contributed by atoms with E-state index >= 15 is 0 Å². The number of hydrogen-bond acceptors (Lipinski definition) is 1. The van der Waals surface area contributed by atoms with Crippen LogP contribution in [0.25, 0.3) is 10.9 Å². The first-order chi connectivity index (χ1) is 9.18. The quantitative estimate of drug-likeness (QED) is 0.689. The van der Waals surface area contributed by atoms with Crippen molar-refractivity contribution in [2.24, 2.45) is 0 Å². The molecule has 0 atom stereocenters. The van der Waals surface area contributed by atoms with Crippen LogP contribution < -0.4 is 0 Å². The zero-order chi connectivity index (χ0) is 13.4. The Kier molecular flexibility index (Phi) is 2.88. The third kappa shape index (κ3) is 1.94. The molecule has 3 heteroatoms. The highest BCUT2D eigenvalue weighted by atomic mass is 35.5. The van der Waals surface area contributed by atoms with E-state index in [0.29, 0.717) is 16.1 Å². The second-order valence-corrected chi connectivity index (χ2v) is 4.92. The molecule has 0 aliphatic heterocycles. The topological polar surface area (TPSA) is 32.9 Å². The number of benzene rings is 2. The van der Waals surface area contributed by atoms with Gasteiger partial charge in [0.15, 0.2) is 5.78 Å². The van der Waals surface area contributed by atoms with Gasteiger partial charge < -0.3 is 4.98 Å². The summed E-state index contributed by atoms with van der Waals surface area (Å²) in [4.78, 5) is 15.7. The van der Waals surface area contributed by atoms with Gasteiger partial charge in [0, 0.05) is 28.2 Å². The number of rotatable bonds is 2. The molecule has 94 valence electrons. The number of hydrogen-bond donors (Lipinski definition) is 1. The monoisotopic (exact) mass is 269 g/mol. The molecule has 0 saturated heterocycles. The van der Waals surface area contributed by atoms with Gasteiger partial charge in [-0.15, -0.1) is 0 Å². The molecule has 3 rings (SSSR count). The van der Waals surface area contributed by atoms with Gasteiger partial charge in [0.1, 0.15) is 0 Å². The Morgan fingerprint density at radius 3 is 2.63 bits per heavy atom. The zero-order valence-electron chi connectivity index (χ0n) is 10.4. The summed E-state index contributed by atoms with van der Waals surface area (Å²) >= 11 is 6.20. The van der Waals surface area contributed by atoms with Crippen LogP contribution in [0, 0.1) is 6.92 Å². The van der Waals surface area contributed by atoms with E-state index in [4.69, 9.17) is 11.6 Å². The van der Waals surface area contributed by atoms with Crippen molar-refractivity contribution in [1.29, 1.82) is 0 Å². The van der Waals surface area contributed by atoms with Gasteiger partial charge in [-0.25, -0.2) is 0 Å². The molecular formula is C16H12ClNO. The number of fused-ring (bicyclic) bond motifs is 1. The average molecular weight is 270 g/mol. The first kappa shape index (κ1) is 12.0. The first-order valence-corrected chi connectivity index (χ1v) is 6.42. The van der Waals surface area contributed by atoms with Crippen molar-refractivity contribution < 1.29 is 4.79 Å². The fourth-order valence-electron chi connectivity index (χ4n) is 2.29. The normalized spacial score (nSPS) is 10.8. The molecule has 1 heterocycles. The summed E-state index contributed by atoms with van der Waals surface area (Å²) in [6, 6.07) is 13.1. The van der Waals surface area contributed by atoms with Crippen LogP contribution in [0.5, 0.6) is 0 Å². The van der Waals surface area contributed by atoms with E-state index in [1.165, 1.54) is 0 Å². The minimum atomic E-state index is -0.00236. The van der Waals surface area contributed by atoms with Crippen LogP contribution in [0.15, 0.2) is 48.7 Å². The molecule has 1 N–H and O–H groups in total. The second-order valence-electron chi connectivity index (χ2n) is 4.51. The summed E-state index contributed by atoms with van der Waals surface area (Å²) in [7, 11) is 0. The SMILES string of the molecule is Cc1ccccc1C(=O)c1c[nH]c2cccc(Cl)c12. The van der Waals surface area contributed by atoms with Gasteiger partial charge in [0.2, 0.25) is 0 Å². The van der Waals surface area contributed by atoms with Gasteiger partial charge in [0.05, 0.1) is 5.02 Å². The molecule has 0 bridgehead atoms. The highest BCUT2D eigenvalue weighted by molar-refractivity contribution is 6.37. The minimum absolute atomic E-state index is 0.00236. The molecule has 19 heavy (non-hydrogen) atoms. The summed E-state index contributed by atoms with van der Waals surface area (Å²) < 4.78 is 0. The number of carbonyl (C=O) groups is 1. The average Bonchev–Trinajstić information content (AvgIpc) is 2.84. The molecule has 1 aromatic heterocycles. The van der Waals surface area contributed by atoms with Crippen molar-refractivity contribution in [2.75, 3.05) is 0 Å². The molecule has 2 nitrogen and oxygen atoms in total. The number of aryl methyl sites for hydroxylation is 1. The smallest absolute Gasteiger partial charge is 0.195 e. The predicted octanol–water partition coefficient (Wildman–Crippen LogP) is 4.36. The molecule has 2 aromatic carbocycles. The first-order valence-electron chi connectivity index (χ1n) is 6.04. The molecule has 0 radical (unpaired) electrons. The molecular weight excluding hydrogens is 258 g/mol. The van der Waals surface area contributed by atoms with Gasteiger partial charge in [-0.05, 0) is 24.6 Å². The molecule has 0 aliphatic carbocycles. The number of nitrogens with one attached hydrogen (secondary N) is 1. The van der Waals surface area contributed by atoms with Crippen molar-refractivity contribution in [2.45, 2.75) is 6.92 Å². The molecule has 0 saturated carbocycles. The maximum Gasteiger partial charge on any atom is 0.195 e. The lowest BCUT2D eigenvalue weighted by Gasteiger charge is -2.04.